The molecule has 17 aromatic carbocycles. The third-order valence-corrected chi connectivity index (χ3v) is 28.1. The van der Waals surface area contributed by atoms with Gasteiger partial charge in [-0.2, -0.15) is 0 Å². The van der Waals surface area contributed by atoms with E-state index in [1.807, 2.05) is 297 Å². The van der Waals surface area contributed by atoms with E-state index in [1.54, 1.807) is 0 Å². The molecule has 0 saturated carbocycles. The van der Waals surface area contributed by atoms with E-state index in [2.05, 4.69) is 205 Å². The lowest BCUT2D eigenvalue weighted by molar-refractivity contribution is 0.661. The van der Waals surface area contributed by atoms with E-state index < -0.39 is 5.41 Å². The van der Waals surface area contributed by atoms with E-state index in [9.17, 15) is 0 Å². The molecule has 698 valence electrons. The van der Waals surface area contributed by atoms with Crippen molar-refractivity contribution in [2.24, 2.45) is 0 Å². The first-order valence-electron chi connectivity index (χ1n) is 49.7. The fraction of sp³-hybridized carbons (Fsp3) is 0.0227. The van der Waals surface area contributed by atoms with Gasteiger partial charge in [-0.15, -0.1) is 0 Å². The molecule has 0 aliphatic heterocycles. The van der Waals surface area contributed by atoms with Gasteiger partial charge in [-0.3, -0.25) is 0 Å². The molecule has 9 aromatic heterocycles. The van der Waals surface area contributed by atoms with Crippen molar-refractivity contribution in [3.63, 3.8) is 0 Å². The van der Waals surface area contributed by atoms with Crippen LogP contribution >= 0.6 is 0 Å². The van der Waals surface area contributed by atoms with Gasteiger partial charge in [-0.25, -0.2) is 74.8 Å². The molecule has 0 spiro atoms. The second-order valence-electron chi connectivity index (χ2n) is 37.8. The van der Waals surface area contributed by atoms with Gasteiger partial charge in [-0.1, -0.05) is 384 Å². The molecule has 0 N–H and O–H groups in total. The second kappa shape index (κ2) is 37.0. The van der Waals surface area contributed by atoms with E-state index in [1.165, 1.54) is 33.0 Å². The Morgan fingerprint density at radius 1 is 0.141 bits per heavy atom. The smallest absolute Gasteiger partial charge is 0.199 e. The number of nitrogens with zero attached hydrogens (tertiary/aromatic N) is 17. The van der Waals surface area contributed by atoms with Crippen LogP contribution in [0.3, 0.4) is 0 Å². The van der Waals surface area contributed by atoms with Gasteiger partial charge < -0.3 is 9.13 Å². The highest BCUT2D eigenvalue weighted by atomic mass is 15.1. The monoisotopic (exact) mass is 1910 g/mol. The van der Waals surface area contributed by atoms with Crippen molar-refractivity contribution in [1.82, 2.24) is 83.9 Å². The van der Waals surface area contributed by atoms with Crippen LogP contribution < -0.4 is 0 Å². The van der Waals surface area contributed by atoms with Crippen LogP contribution in [0.4, 0.5) is 0 Å². The van der Waals surface area contributed by atoms with Gasteiger partial charge in [0.15, 0.2) is 52.4 Å². The van der Waals surface area contributed by atoms with Gasteiger partial charge in [0, 0.05) is 99.5 Å². The lowest BCUT2D eigenvalue weighted by atomic mass is 9.81. The van der Waals surface area contributed by atoms with Crippen molar-refractivity contribution >= 4 is 43.6 Å². The lowest BCUT2D eigenvalue weighted by Gasteiger charge is -2.22. The fourth-order valence-electron chi connectivity index (χ4n) is 20.7. The Hall–Kier alpha value is -20.2. The summed E-state index contributed by atoms with van der Waals surface area (Å²) in [6, 6.07) is 165. The molecule has 149 heavy (non-hydrogen) atoms. The van der Waals surface area contributed by atoms with Gasteiger partial charge in [-0.05, 0) is 154 Å². The molecule has 0 radical (unpaired) electrons. The van der Waals surface area contributed by atoms with Crippen LogP contribution in [-0.2, 0) is 5.41 Å². The molecular formula is C132H85N17. The third kappa shape index (κ3) is 16.5. The first-order valence-corrected chi connectivity index (χ1v) is 49.7. The minimum absolute atomic E-state index is 0.0936. The van der Waals surface area contributed by atoms with Crippen LogP contribution in [0, 0.1) is 0 Å². The third-order valence-electron chi connectivity index (χ3n) is 28.1. The van der Waals surface area contributed by atoms with Crippen molar-refractivity contribution in [2.45, 2.75) is 19.3 Å². The van der Waals surface area contributed by atoms with Crippen molar-refractivity contribution in [3.8, 4) is 227 Å². The van der Waals surface area contributed by atoms with Gasteiger partial charge in [0.2, 0.25) is 0 Å². The maximum absolute atomic E-state index is 5.60. The SMILES string of the molecule is CC1(C)c2cc(-c3ccc(-c4cc(-c5ccccc5)nc(-c5cc(-c6nc(-c7ccccc7)cc(-c7ccccc7)n6)nc(-c6nc(-c7nc(-c8ccccc8)cc(-c8ccccc8)n7)cc(-c7nc(-c8ccccc8)cc(-c8ccccc8)n7)n6)n5)n4)cc3)ccc2-c2cc3c4cc(-c5ccc6c(c5)c5ccccc5n6-c5ccccc5)ccc4n(-c4cccc(-c5nc(-c6ccccc6)nc(-c6ccccc6)n5)c4)c3cc21. The van der Waals surface area contributed by atoms with E-state index in [0.717, 1.165) is 128 Å². The predicted molar refractivity (Wildman–Crippen MR) is 597 cm³/mol. The number of fused-ring (bicyclic) bond motifs is 9. The van der Waals surface area contributed by atoms with Gasteiger partial charge in [0.25, 0.3) is 0 Å². The van der Waals surface area contributed by atoms with Crippen LogP contribution in [0.5, 0.6) is 0 Å². The molecule has 0 saturated heterocycles. The minimum Gasteiger partial charge on any atom is -0.309 e. The summed E-state index contributed by atoms with van der Waals surface area (Å²) < 4.78 is 4.81. The number of hydrogen-bond donors (Lipinski definition) is 0. The van der Waals surface area contributed by atoms with Crippen molar-refractivity contribution in [3.05, 3.63) is 490 Å². The first-order chi connectivity index (χ1) is 73.5. The predicted octanol–water partition coefficient (Wildman–Crippen LogP) is 31.1. The maximum Gasteiger partial charge on any atom is 0.199 e. The Morgan fingerprint density at radius 3 is 0.792 bits per heavy atom. The average Bonchev–Trinajstić information content (AvgIpc) is 1.54. The highest BCUT2D eigenvalue weighted by molar-refractivity contribution is 6.14. The molecule has 0 bridgehead atoms. The summed E-state index contributed by atoms with van der Waals surface area (Å²) in [6.07, 6.45) is 0. The summed E-state index contributed by atoms with van der Waals surface area (Å²) in [6.45, 7) is 4.73. The summed E-state index contributed by atoms with van der Waals surface area (Å²) in [5, 5.41) is 4.65. The molecule has 0 unspecified atom stereocenters. The van der Waals surface area contributed by atoms with E-state index in [0.29, 0.717) is 103 Å². The van der Waals surface area contributed by atoms with Gasteiger partial charge in [0.05, 0.1) is 67.6 Å². The molecule has 1 aliphatic rings. The molecule has 0 fully saturated rings. The Balaban J connectivity index is 0.602. The fourth-order valence-corrected chi connectivity index (χ4v) is 20.7. The summed E-state index contributed by atoms with van der Waals surface area (Å²) in [4.78, 5) is 81.2. The summed E-state index contributed by atoms with van der Waals surface area (Å²) in [5.41, 5.74) is 31.7. The lowest BCUT2D eigenvalue weighted by Crippen LogP contribution is -2.15. The topological polar surface area (TPSA) is 203 Å². The molecule has 9 heterocycles. The minimum atomic E-state index is -0.459. The van der Waals surface area contributed by atoms with Crippen molar-refractivity contribution in [1.29, 1.82) is 0 Å². The largest absolute Gasteiger partial charge is 0.309 e. The van der Waals surface area contributed by atoms with Crippen LogP contribution in [-0.4, -0.2) is 83.9 Å². The number of para-hydroxylation sites is 2. The Kier molecular flexibility index (Phi) is 21.8. The molecule has 1 aliphatic carbocycles. The molecular weight excluding hydrogens is 1820 g/mol. The number of rotatable bonds is 20. The molecule has 27 rings (SSSR count). The normalized spacial score (nSPS) is 12.0. The standard InChI is InChI=1S/C132H85N17/c1-132(2)105-73-95(64-67-99(105)101-74-104-103-72-94(93-65-68-120-102(71-93)100-58-33-34-59-119(100)148(120)97-55-31-12-32-56-97)66-69-121(103)149(122(104)75-106(101)132)98-57-35-54-96(70-98)125-146-123(91-50-27-10-28-51-91)145-124(147-125)92-52-29-11-30-53-92)82-60-62-90(63-61-82)114-79-113(89-48-25-9-26-49-89)139-129(140-114)118-81-117(128-137-111(87-44-21-7-22-45-87)78-112(138-128)88-46-23-8-24-47-88)143-131(144-118)130-141-115(126-133-107(83-36-13-3-14-37-83)76-108(134-126)84-38-15-4-16-39-84)80-116(142-130)127-135-109(85-40-17-5-18-41-85)77-110(136-127)86-42-19-6-20-43-86/h3-81H,1-2H3. The van der Waals surface area contributed by atoms with E-state index >= 15 is 0 Å². The summed E-state index contributed by atoms with van der Waals surface area (Å²) in [7, 11) is 0. The maximum atomic E-state index is 5.60. The summed E-state index contributed by atoms with van der Waals surface area (Å²) in [5.74, 6) is 3.17. The van der Waals surface area contributed by atoms with E-state index in [-0.39, 0.29) is 17.5 Å². The summed E-state index contributed by atoms with van der Waals surface area (Å²) >= 11 is 0. The van der Waals surface area contributed by atoms with Crippen LogP contribution in [0.25, 0.3) is 270 Å². The molecule has 0 amide bonds. The Labute approximate surface area is 858 Å². The zero-order chi connectivity index (χ0) is 99.0. The van der Waals surface area contributed by atoms with Crippen molar-refractivity contribution < 1.29 is 0 Å². The average molecular weight is 1910 g/mol. The van der Waals surface area contributed by atoms with Gasteiger partial charge in [0.1, 0.15) is 22.8 Å². The number of benzene rings is 17. The van der Waals surface area contributed by atoms with Crippen LogP contribution in [0.15, 0.2) is 479 Å². The molecule has 0 atom stereocenters. The molecule has 17 heteroatoms. The molecule has 26 aromatic rings. The number of hydrogen-bond acceptors (Lipinski definition) is 15. The quantitative estimate of drug-likeness (QED) is 0.0696. The zero-order valence-corrected chi connectivity index (χ0v) is 80.7. The highest BCUT2D eigenvalue weighted by Gasteiger charge is 2.38. The van der Waals surface area contributed by atoms with Crippen LogP contribution in [0.1, 0.15) is 25.0 Å². The zero-order valence-electron chi connectivity index (χ0n) is 80.7. The first kappa shape index (κ1) is 87.8. The van der Waals surface area contributed by atoms with Gasteiger partial charge >= 0.3 is 0 Å². The second-order valence-corrected chi connectivity index (χ2v) is 37.8. The van der Waals surface area contributed by atoms with Crippen molar-refractivity contribution in [2.75, 3.05) is 0 Å². The Bertz CT molecular complexity index is 9310. The van der Waals surface area contributed by atoms with E-state index in [4.69, 9.17) is 74.8 Å². The van der Waals surface area contributed by atoms with Crippen LogP contribution in [0.2, 0.25) is 0 Å². The Morgan fingerprint density at radius 2 is 0.403 bits per heavy atom. The number of aromatic nitrogens is 17. The molecule has 17 nitrogen and oxygen atoms in total. The highest BCUT2D eigenvalue weighted by Crippen LogP contribution is 2.53.